The van der Waals surface area contributed by atoms with Crippen molar-refractivity contribution in [3.05, 3.63) is 54.1 Å². The molecule has 2 aromatic carbocycles. The maximum atomic E-state index is 5.72. The number of hydrogen-bond acceptors (Lipinski definition) is 4. The second kappa shape index (κ2) is 8.29. The summed E-state index contributed by atoms with van der Waals surface area (Å²) < 4.78 is 16.5. The second-order valence-electron chi connectivity index (χ2n) is 5.05. The Morgan fingerprint density at radius 2 is 1.68 bits per heavy atom. The summed E-state index contributed by atoms with van der Waals surface area (Å²) in [6, 6.07) is 15.8. The van der Waals surface area contributed by atoms with E-state index in [-0.39, 0.29) is 0 Å². The predicted molar refractivity (Wildman–Crippen MR) is 87.8 cm³/mol. The number of benzene rings is 2. The number of hydrogen-bond donors (Lipinski definition) is 0. The smallest absolute Gasteiger partial charge is 0.165 e. The largest absolute Gasteiger partial charge is 0.493 e. The van der Waals surface area contributed by atoms with Gasteiger partial charge < -0.3 is 14.2 Å². The molecule has 0 amide bonds. The second-order valence-corrected chi connectivity index (χ2v) is 5.05. The van der Waals surface area contributed by atoms with E-state index < -0.39 is 0 Å². The van der Waals surface area contributed by atoms with Gasteiger partial charge in [-0.3, -0.25) is 4.90 Å². The van der Waals surface area contributed by atoms with Gasteiger partial charge in [0.25, 0.3) is 0 Å². The third-order valence-electron chi connectivity index (χ3n) is 3.41. The van der Waals surface area contributed by atoms with Gasteiger partial charge in [-0.25, -0.2) is 0 Å². The normalized spacial score (nSPS) is 10.5. The van der Waals surface area contributed by atoms with Crippen molar-refractivity contribution in [1.29, 1.82) is 0 Å². The third-order valence-corrected chi connectivity index (χ3v) is 3.41. The Bertz CT molecular complexity index is 572. The topological polar surface area (TPSA) is 30.9 Å². The maximum absolute atomic E-state index is 5.72. The van der Waals surface area contributed by atoms with Crippen LogP contribution >= 0.6 is 0 Å². The van der Waals surface area contributed by atoms with Crippen molar-refractivity contribution < 1.29 is 14.2 Å². The van der Waals surface area contributed by atoms with E-state index in [0.29, 0.717) is 6.61 Å². The summed E-state index contributed by atoms with van der Waals surface area (Å²) in [5.41, 5.74) is 1.10. The van der Waals surface area contributed by atoms with Crippen LogP contribution in [0.1, 0.15) is 5.56 Å². The lowest BCUT2D eigenvalue weighted by Crippen LogP contribution is -2.24. The summed E-state index contributed by atoms with van der Waals surface area (Å²) >= 11 is 0. The number of methoxy groups -OCH3 is 2. The number of rotatable bonds is 8. The molecule has 0 aliphatic heterocycles. The van der Waals surface area contributed by atoms with Crippen LogP contribution in [0.3, 0.4) is 0 Å². The molecule has 0 N–H and O–H groups in total. The molecule has 118 valence electrons. The predicted octanol–water partition coefficient (Wildman–Crippen LogP) is 3.21. The molecule has 4 nitrogen and oxygen atoms in total. The lowest BCUT2D eigenvalue weighted by atomic mass is 10.1. The summed E-state index contributed by atoms with van der Waals surface area (Å²) in [5.74, 6) is 2.45. The molecule has 0 aromatic heterocycles. The lowest BCUT2D eigenvalue weighted by Gasteiger charge is -2.19. The van der Waals surface area contributed by atoms with Crippen molar-refractivity contribution in [1.82, 2.24) is 4.90 Å². The highest BCUT2D eigenvalue weighted by molar-refractivity contribution is 5.46. The van der Waals surface area contributed by atoms with E-state index in [1.807, 2.05) is 42.5 Å². The zero-order chi connectivity index (χ0) is 15.8. The minimum atomic E-state index is 0.646. The first-order valence-electron chi connectivity index (χ1n) is 7.31. The van der Waals surface area contributed by atoms with Crippen LogP contribution in [0.2, 0.25) is 0 Å². The minimum absolute atomic E-state index is 0.646. The molecule has 0 unspecified atom stereocenters. The Labute approximate surface area is 132 Å². The Morgan fingerprint density at radius 3 is 2.36 bits per heavy atom. The van der Waals surface area contributed by atoms with Crippen molar-refractivity contribution in [3.63, 3.8) is 0 Å². The van der Waals surface area contributed by atoms with Gasteiger partial charge in [0.2, 0.25) is 0 Å². The number of ether oxygens (including phenoxy) is 3. The molecular weight excluding hydrogens is 278 g/mol. The fourth-order valence-electron chi connectivity index (χ4n) is 2.28. The molecule has 4 heteroatoms. The molecule has 0 saturated heterocycles. The average Bonchev–Trinajstić information content (AvgIpc) is 2.55. The number of likely N-dealkylation sites (N-methyl/N-ethyl adjacent to an activating group) is 1. The van der Waals surface area contributed by atoms with Gasteiger partial charge in [0.1, 0.15) is 12.4 Å². The molecule has 0 radical (unpaired) electrons. The third kappa shape index (κ3) is 4.40. The van der Waals surface area contributed by atoms with Crippen molar-refractivity contribution >= 4 is 0 Å². The first kappa shape index (κ1) is 16.2. The summed E-state index contributed by atoms with van der Waals surface area (Å²) in [6.45, 7) is 2.25. The van der Waals surface area contributed by atoms with Crippen molar-refractivity contribution in [2.24, 2.45) is 0 Å². The van der Waals surface area contributed by atoms with E-state index in [9.17, 15) is 0 Å². The SMILES string of the molecule is COc1cccc(CN(C)CCOc2ccccc2)c1OC. The molecule has 0 fully saturated rings. The van der Waals surface area contributed by atoms with Gasteiger partial charge in [0.05, 0.1) is 14.2 Å². The fourth-order valence-corrected chi connectivity index (χ4v) is 2.28. The van der Waals surface area contributed by atoms with E-state index in [2.05, 4.69) is 18.0 Å². The molecule has 0 atom stereocenters. The molecule has 0 heterocycles. The minimum Gasteiger partial charge on any atom is -0.493 e. The van der Waals surface area contributed by atoms with E-state index in [0.717, 1.165) is 35.9 Å². The Balaban J connectivity index is 1.88. The number of nitrogens with zero attached hydrogens (tertiary/aromatic N) is 1. The van der Waals surface area contributed by atoms with E-state index >= 15 is 0 Å². The van der Waals surface area contributed by atoms with Gasteiger partial charge in [0.15, 0.2) is 11.5 Å². The standard InChI is InChI=1S/C18H23NO3/c1-19(12-13-22-16-9-5-4-6-10-16)14-15-8-7-11-17(20-2)18(15)21-3/h4-11H,12-14H2,1-3H3. The Morgan fingerprint density at radius 1 is 0.909 bits per heavy atom. The summed E-state index contributed by atoms with van der Waals surface area (Å²) in [7, 11) is 5.38. The summed E-state index contributed by atoms with van der Waals surface area (Å²) in [4.78, 5) is 2.19. The van der Waals surface area contributed by atoms with Crippen LogP contribution in [-0.4, -0.2) is 39.3 Å². The van der Waals surface area contributed by atoms with Crippen molar-refractivity contribution in [2.75, 3.05) is 34.4 Å². The van der Waals surface area contributed by atoms with E-state index in [1.165, 1.54) is 0 Å². The molecule has 0 bridgehead atoms. The molecular formula is C18H23NO3. The van der Waals surface area contributed by atoms with Gasteiger partial charge in [0, 0.05) is 18.7 Å². The average molecular weight is 301 g/mol. The van der Waals surface area contributed by atoms with Gasteiger partial charge in [-0.2, -0.15) is 0 Å². The highest BCUT2D eigenvalue weighted by Gasteiger charge is 2.11. The summed E-state index contributed by atoms with van der Waals surface area (Å²) in [6.07, 6.45) is 0. The van der Waals surface area contributed by atoms with Gasteiger partial charge in [-0.15, -0.1) is 0 Å². The van der Waals surface area contributed by atoms with E-state index in [4.69, 9.17) is 14.2 Å². The van der Waals surface area contributed by atoms with Crippen LogP contribution in [0, 0.1) is 0 Å². The molecule has 2 rings (SSSR count). The van der Waals surface area contributed by atoms with Crippen molar-refractivity contribution in [3.8, 4) is 17.2 Å². The highest BCUT2D eigenvalue weighted by Crippen LogP contribution is 2.31. The highest BCUT2D eigenvalue weighted by atomic mass is 16.5. The van der Waals surface area contributed by atoms with E-state index in [1.54, 1.807) is 14.2 Å². The van der Waals surface area contributed by atoms with Crippen LogP contribution in [0.15, 0.2) is 48.5 Å². The fraction of sp³-hybridized carbons (Fsp3) is 0.333. The lowest BCUT2D eigenvalue weighted by molar-refractivity contribution is 0.230. The van der Waals surface area contributed by atoms with Crippen LogP contribution in [0.25, 0.3) is 0 Å². The maximum Gasteiger partial charge on any atom is 0.165 e. The quantitative estimate of drug-likeness (QED) is 0.749. The van der Waals surface area contributed by atoms with Crippen LogP contribution in [0.4, 0.5) is 0 Å². The van der Waals surface area contributed by atoms with Crippen LogP contribution in [-0.2, 0) is 6.54 Å². The molecule has 22 heavy (non-hydrogen) atoms. The Hall–Kier alpha value is -2.20. The first-order chi connectivity index (χ1) is 10.7. The molecule has 0 spiro atoms. The summed E-state index contributed by atoms with van der Waals surface area (Å²) in [5, 5.41) is 0. The Kier molecular flexibility index (Phi) is 6.10. The van der Waals surface area contributed by atoms with Gasteiger partial charge in [-0.05, 0) is 25.2 Å². The van der Waals surface area contributed by atoms with Gasteiger partial charge in [-0.1, -0.05) is 30.3 Å². The molecule has 0 aliphatic carbocycles. The van der Waals surface area contributed by atoms with Crippen molar-refractivity contribution in [2.45, 2.75) is 6.54 Å². The molecule has 0 aliphatic rings. The number of para-hydroxylation sites is 2. The molecule has 2 aromatic rings. The molecule has 0 saturated carbocycles. The van der Waals surface area contributed by atoms with Crippen LogP contribution in [0.5, 0.6) is 17.2 Å². The first-order valence-corrected chi connectivity index (χ1v) is 7.31. The zero-order valence-corrected chi connectivity index (χ0v) is 13.4. The zero-order valence-electron chi connectivity index (χ0n) is 13.4. The van der Waals surface area contributed by atoms with Gasteiger partial charge >= 0.3 is 0 Å². The van der Waals surface area contributed by atoms with Crippen LogP contribution < -0.4 is 14.2 Å². The monoisotopic (exact) mass is 301 g/mol.